The van der Waals surface area contributed by atoms with Gasteiger partial charge in [-0.1, -0.05) is 18.6 Å². The van der Waals surface area contributed by atoms with Crippen LogP contribution in [0.3, 0.4) is 0 Å². The number of rotatable bonds is 2. The number of carbonyl (C=O) groups excluding carboxylic acids is 1. The van der Waals surface area contributed by atoms with Gasteiger partial charge in [-0.25, -0.2) is 5.01 Å². The first kappa shape index (κ1) is 12.1. The fraction of sp³-hybridized carbons (Fsp3) is 0.500. The highest BCUT2D eigenvalue weighted by Gasteiger charge is 2.15. The lowest BCUT2D eigenvalue weighted by Crippen LogP contribution is -2.45. The largest absolute Gasteiger partial charge is 0.285 e. The molecule has 0 saturated carbocycles. The average molecular weight is 232 g/mol. The SMILES string of the molecule is Cc1cccc(C(=O)NN2CCCCC2)c1C. The van der Waals surface area contributed by atoms with E-state index in [2.05, 4.69) is 5.43 Å². The smallest absolute Gasteiger partial charge is 0.265 e. The van der Waals surface area contributed by atoms with Gasteiger partial charge in [-0.05, 0) is 43.9 Å². The second kappa shape index (κ2) is 5.32. The van der Waals surface area contributed by atoms with Crippen LogP contribution in [0.5, 0.6) is 0 Å². The number of hydrogen-bond donors (Lipinski definition) is 1. The predicted molar refractivity (Wildman–Crippen MR) is 68.8 cm³/mol. The zero-order valence-corrected chi connectivity index (χ0v) is 10.6. The standard InChI is InChI=1S/C14H20N2O/c1-11-7-6-8-13(12(11)2)14(17)15-16-9-4-3-5-10-16/h6-8H,3-5,9-10H2,1-2H3,(H,15,17). The van der Waals surface area contributed by atoms with Crippen molar-refractivity contribution in [2.45, 2.75) is 33.1 Å². The summed E-state index contributed by atoms with van der Waals surface area (Å²) in [6.07, 6.45) is 3.62. The highest BCUT2D eigenvalue weighted by Crippen LogP contribution is 2.13. The molecule has 1 N–H and O–H groups in total. The normalized spacial score (nSPS) is 16.8. The molecule has 0 unspecified atom stereocenters. The number of hydrazine groups is 1. The van der Waals surface area contributed by atoms with Gasteiger partial charge in [0.15, 0.2) is 0 Å². The zero-order chi connectivity index (χ0) is 12.3. The van der Waals surface area contributed by atoms with Gasteiger partial charge in [0.05, 0.1) is 0 Å². The van der Waals surface area contributed by atoms with Crippen molar-refractivity contribution in [2.75, 3.05) is 13.1 Å². The molecule has 1 aliphatic heterocycles. The minimum absolute atomic E-state index is 0.0214. The molecule has 3 nitrogen and oxygen atoms in total. The molecule has 3 heteroatoms. The van der Waals surface area contributed by atoms with Crippen molar-refractivity contribution in [1.29, 1.82) is 0 Å². The molecule has 1 aromatic rings. The van der Waals surface area contributed by atoms with Gasteiger partial charge in [-0.15, -0.1) is 0 Å². The number of carbonyl (C=O) groups is 1. The molecule has 1 fully saturated rings. The van der Waals surface area contributed by atoms with E-state index in [4.69, 9.17) is 0 Å². The molecule has 1 amide bonds. The molecule has 1 saturated heterocycles. The molecule has 0 aromatic heterocycles. The number of nitrogens with one attached hydrogen (secondary N) is 1. The van der Waals surface area contributed by atoms with Crippen molar-refractivity contribution >= 4 is 5.91 Å². The summed E-state index contributed by atoms with van der Waals surface area (Å²) in [4.78, 5) is 12.1. The Balaban J connectivity index is 2.06. The summed E-state index contributed by atoms with van der Waals surface area (Å²) in [6.45, 7) is 5.97. The predicted octanol–water partition coefficient (Wildman–Crippen LogP) is 2.43. The molecule has 1 aromatic carbocycles. The maximum Gasteiger partial charge on any atom is 0.265 e. The first-order chi connectivity index (χ1) is 8.18. The van der Waals surface area contributed by atoms with E-state index in [-0.39, 0.29) is 5.91 Å². The van der Waals surface area contributed by atoms with Crippen LogP contribution in [0.1, 0.15) is 40.7 Å². The Bertz CT molecular complexity index is 409. The highest BCUT2D eigenvalue weighted by molar-refractivity contribution is 5.95. The summed E-state index contributed by atoms with van der Waals surface area (Å²) in [5.41, 5.74) is 6.02. The van der Waals surface area contributed by atoms with Crippen molar-refractivity contribution in [2.24, 2.45) is 0 Å². The van der Waals surface area contributed by atoms with E-state index in [1.165, 1.54) is 19.3 Å². The Kier molecular flexibility index (Phi) is 3.79. The molecule has 0 atom stereocenters. The lowest BCUT2D eigenvalue weighted by atomic mass is 10.0. The first-order valence-electron chi connectivity index (χ1n) is 6.30. The minimum atomic E-state index is 0.0214. The van der Waals surface area contributed by atoms with E-state index in [9.17, 15) is 4.79 Å². The van der Waals surface area contributed by atoms with E-state index < -0.39 is 0 Å². The third kappa shape index (κ3) is 2.86. The van der Waals surface area contributed by atoms with Crippen LogP contribution in [-0.2, 0) is 0 Å². The average Bonchev–Trinajstić information content (AvgIpc) is 2.34. The van der Waals surface area contributed by atoms with Gasteiger partial charge in [-0.3, -0.25) is 10.2 Å². The Hall–Kier alpha value is -1.35. The van der Waals surface area contributed by atoms with Crippen LogP contribution in [0.2, 0.25) is 0 Å². The third-order valence-electron chi connectivity index (χ3n) is 3.46. The molecule has 0 aliphatic carbocycles. The molecular formula is C14H20N2O. The number of nitrogens with zero attached hydrogens (tertiary/aromatic N) is 1. The second-order valence-corrected chi connectivity index (χ2v) is 4.74. The van der Waals surface area contributed by atoms with E-state index >= 15 is 0 Å². The Morgan fingerprint density at radius 1 is 1.18 bits per heavy atom. The minimum Gasteiger partial charge on any atom is -0.285 e. The van der Waals surface area contributed by atoms with Crippen molar-refractivity contribution in [3.63, 3.8) is 0 Å². The quantitative estimate of drug-likeness (QED) is 0.849. The van der Waals surface area contributed by atoms with Crippen LogP contribution in [0.15, 0.2) is 18.2 Å². The summed E-state index contributed by atoms with van der Waals surface area (Å²) >= 11 is 0. The van der Waals surface area contributed by atoms with Gasteiger partial charge < -0.3 is 0 Å². The number of piperidine rings is 1. The van der Waals surface area contributed by atoms with Crippen molar-refractivity contribution < 1.29 is 4.79 Å². The molecule has 0 radical (unpaired) electrons. The van der Waals surface area contributed by atoms with E-state index in [1.54, 1.807) is 0 Å². The molecule has 1 heterocycles. The van der Waals surface area contributed by atoms with Crippen molar-refractivity contribution in [3.8, 4) is 0 Å². The van der Waals surface area contributed by atoms with Gasteiger partial charge in [0.2, 0.25) is 0 Å². The molecular weight excluding hydrogens is 212 g/mol. The molecule has 17 heavy (non-hydrogen) atoms. The maximum absolute atomic E-state index is 12.1. The highest BCUT2D eigenvalue weighted by atomic mass is 16.2. The van der Waals surface area contributed by atoms with Crippen LogP contribution in [0.25, 0.3) is 0 Å². The second-order valence-electron chi connectivity index (χ2n) is 4.74. The monoisotopic (exact) mass is 232 g/mol. The molecule has 0 bridgehead atoms. The van der Waals surface area contributed by atoms with Crippen LogP contribution in [0, 0.1) is 13.8 Å². The fourth-order valence-corrected chi connectivity index (χ4v) is 2.21. The van der Waals surface area contributed by atoms with Crippen molar-refractivity contribution in [1.82, 2.24) is 10.4 Å². The lowest BCUT2D eigenvalue weighted by molar-refractivity contribution is 0.0749. The zero-order valence-electron chi connectivity index (χ0n) is 10.6. The molecule has 92 valence electrons. The van der Waals surface area contributed by atoms with Crippen LogP contribution >= 0.6 is 0 Å². The number of hydrogen-bond acceptors (Lipinski definition) is 2. The lowest BCUT2D eigenvalue weighted by Gasteiger charge is -2.27. The van der Waals surface area contributed by atoms with Crippen LogP contribution < -0.4 is 5.43 Å². The van der Waals surface area contributed by atoms with E-state index in [0.29, 0.717) is 0 Å². The Morgan fingerprint density at radius 3 is 2.59 bits per heavy atom. The van der Waals surface area contributed by atoms with E-state index in [1.807, 2.05) is 37.1 Å². The van der Waals surface area contributed by atoms with Crippen molar-refractivity contribution in [3.05, 3.63) is 34.9 Å². The Morgan fingerprint density at radius 2 is 1.88 bits per heavy atom. The summed E-state index contributed by atoms with van der Waals surface area (Å²) in [5, 5.41) is 2.04. The first-order valence-corrected chi connectivity index (χ1v) is 6.30. The van der Waals surface area contributed by atoms with Gasteiger partial charge in [0.25, 0.3) is 5.91 Å². The number of aryl methyl sites for hydroxylation is 1. The van der Waals surface area contributed by atoms with E-state index in [0.717, 1.165) is 29.8 Å². The van der Waals surface area contributed by atoms with Gasteiger partial charge in [-0.2, -0.15) is 0 Å². The van der Waals surface area contributed by atoms with Gasteiger partial charge >= 0.3 is 0 Å². The molecule has 1 aliphatic rings. The van der Waals surface area contributed by atoms with Gasteiger partial charge in [0, 0.05) is 18.7 Å². The van der Waals surface area contributed by atoms with Gasteiger partial charge in [0.1, 0.15) is 0 Å². The number of benzene rings is 1. The summed E-state index contributed by atoms with van der Waals surface area (Å²) in [7, 11) is 0. The number of amides is 1. The maximum atomic E-state index is 12.1. The van der Waals surface area contributed by atoms with Crippen LogP contribution in [0.4, 0.5) is 0 Å². The van der Waals surface area contributed by atoms with Crippen LogP contribution in [-0.4, -0.2) is 24.0 Å². The molecule has 0 spiro atoms. The fourth-order valence-electron chi connectivity index (χ4n) is 2.21. The summed E-state index contributed by atoms with van der Waals surface area (Å²) in [6, 6.07) is 5.86. The Labute approximate surface area is 103 Å². The summed E-state index contributed by atoms with van der Waals surface area (Å²) in [5.74, 6) is 0.0214. The molecule has 2 rings (SSSR count). The summed E-state index contributed by atoms with van der Waals surface area (Å²) < 4.78 is 0. The third-order valence-corrected chi connectivity index (χ3v) is 3.46. The topological polar surface area (TPSA) is 32.3 Å².